The minimum Gasteiger partial charge on any atom is -0.494 e. The number of hydrogen-bond donors (Lipinski definition) is 1. The van der Waals surface area contributed by atoms with Crippen molar-refractivity contribution in [1.82, 2.24) is 0 Å². The van der Waals surface area contributed by atoms with Gasteiger partial charge in [-0.15, -0.1) is 0 Å². The molecule has 0 fully saturated rings. The lowest BCUT2D eigenvalue weighted by molar-refractivity contribution is 0.339. The van der Waals surface area contributed by atoms with Gasteiger partial charge in [0.2, 0.25) is 0 Å². The van der Waals surface area contributed by atoms with Crippen molar-refractivity contribution in [2.75, 3.05) is 6.61 Å². The van der Waals surface area contributed by atoms with Gasteiger partial charge >= 0.3 is 0 Å². The van der Waals surface area contributed by atoms with E-state index >= 15 is 0 Å². The van der Waals surface area contributed by atoms with Gasteiger partial charge in [-0.3, -0.25) is 0 Å². The molecule has 0 saturated carbocycles. The van der Waals surface area contributed by atoms with Crippen molar-refractivity contribution in [3.8, 4) is 11.5 Å². The van der Waals surface area contributed by atoms with Crippen molar-refractivity contribution in [1.29, 1.82) is 0 Å². The average molecular weight is 197 g/mol. The van der Waals surface area contributed by atoms with Gasteiger partial charge in [0, 0.05) is 6.07 Å². The number of benzene rings is 1. The smallest absolute Gasteiger partial charge is 0.259 e. The second-order valence-corrected chi connectivity index (χ2v) is 2.73. The van der Waals surface area contributed by atoms with Gasteiger partial charge in [0.15, 0.2) is 0 Å². The lowest BCUT2D eigenvalue weighted by atomic mass is 10.3. The molecule has 2 N–H and O–H groups in total. The zero-order valence-corrected chi connectivity index (χ0v) is 8.14. The predicted molar refractivity (Wildman–Crippen MR) is 55.0 cm³/mol. The van der Waals surface area contributed by atoms with E-state index in [2.05, 4.69) is 12.2 Å². The summed E-state index contributed by atoms with van der Waals surface area (Å²) in [5, 5.41) is 0.00801. The fourth-order valence-electron chi connectivity index (χ4n) is 0.910. The molecule has 0 aliphatic heterocycles. The first-order valence-corrected chi connectivity index (χ1v) is 4.33. The van der Waals surface area contributed by atoms with Crippen molar-refractivity contribution >= 4 is 17.4 Å². The van der Waals surface area contributed by atoms with Crippen molar-refractivity contribution in [2.24, 2.45) is 5.73 Å². The van der Waals surface area contributed by atoms with Gasteiger partial charge in [-0.25, -0.2) is 0 Å². The largest absolute Gasteiger partial charge is 0.494 e. The standard InChI is InChI=1S/C9H11NO2S/c1-2-11-7-4-3-5-8(6-7)12-9(10)13/h3-6H,2H2,1H3,(H2,10,13). The number of hydrogen-bond acceptors (Lipinski definition) is 3. The van der Waals surface area contributed by atoms with Crippen LogP contribution in [0.15, 0.2) is 24.3 Å². The Labute approximate surface area is 82.5 Å². The first-order valence-electron chi connectivity index (χ1n) is 3.92. The summed E-state index contributed by atoms with van der Waals surface area (Å²) < 4.78 is 10.3. The Balaban J connectivity index is 2.73. The van der Waals surface area contributed by atoms with Crippen molar-refractivity contribution < 1.29 is 9.47 Å². The van der Waals surface area contributed by atoms with Gasteiger partial charge < -0.3 is 15.2 Å². The molecule has 1 aromatic carbocycles. The minimum atomic E-state index is 0.00801. The van der Waals surface area contributed by atoms with E-state index in [1.165, 1.54) is 0 Å². The highest BCUT2D eigenvalue weighted by Crippen LogP contribution is 2.19. The quantitative estimate of drug-likeness (QED) is 0.749. The molecule has 70 valence electrons. The summed E-state index contributed by atoms with van der Waals surface area (Å²) >= 11 is 4.60. The lowest BCUT2D eigenvalue weighted by Gasteiger charge is -2.05. The fraction of sp³-hybridized carbons (Fsp3) is 0.222. The molecule has 1 rings (SSSR count). The number of rotatable bonds is 3. The van der Waals surface area contributed by atoms with E-state index < -0.39 is 0 Å². The Hall–Kier alpha value is -1.29. The topological polar surface area (TPSA) is 44.5 Å². The lowest BCUT2D eigenvalue weighted by Crippen LogP contribution is -2.15. The highest BCUT2D eigenvalue weighted by molar-refractivity contribution is 7.80. The van der Waals surface area contributed by atoms with E-state index in [0.717, 1.165) is 5.75 Å². The molecule has 0 atom stereocenters. The Morgan fingerprint density at radius 1 is 1.46 bits per heavy atom. The third-order valence-corrected chi connectivity index (χ3v) is 1.42. The first kappa shape index (κ1) is 9.80. The SMILES string of the molecule is CCOc1cccc(OC(N)=S)c1. The molecule has 0 radical (unpaired) electrons. The predicted octanol–water partition coefficient (Wildman–Crippen LogP) is 1.71. The second kappa shape index (κ2) is 4.67. The molecule has 0 spiro atoms. The van der Waals surface area contributed by atoms with Crippen molar-refractivity contribution in [3.63, 3.8) is 0 Å². The molecular formula is C9H11NO2S. The molecule has 0 aliphatic rings. The summed E-state index contributed by atoms with van der Waals surface area (Å²) in [6.07, 6.45) is 0. The first-order chi connectivity index (χ1) is 6.22. The van der Waals surface area contributed by atoms with Crippen molar-refractivity contribution in [3.05, 3.63) is 24.3 Å². The molecule has 0 bridgehead atoms. The van der Waals surface area contributed by atoms with Crippen LogP contribution < -0.4 is 15.2 Å². The minimum absolute atomic E-state index is 0.00801. The molecule has 0 saturated heterocycles. The molecule has 3 nitrogen and oxygen atoms in total. The van der Waals surface area contributed by atoms with Gasteiger partial charge in [-0.05, 0) is 31.3 Å². The van der Waals surface area contributed by atoms with Crippen LogP contribution in [-0.2, 0) is 0 Å². The molecule has 0 amide bonds. The maximum atomic E-state index is 5.26. The zero-order valence-electron chi connectivity index (χ0n) is 7.32. The molecule has 4 heteroatoms. The maximum absolute atomic E-state index is 5.26. The summed E-state index contributed by atoms with van der Waals surface area (Å²) in [6.45, 7) is 2.54. The summed E-state index contributed by atoms with van der Waals surface area (Å²) in [6, 6.07) is 7.17. The molecule has 0 heterocycles. The molecule has 1 aromatic rings. The second-order valence-electron chi connectivity index (χ2n) is 2.33. The highest BCUT2D eigenvalue weighted by Gasteiger charge is 1.97. The van der Waals surface area contributed by atoms with Gasteiger partial charge in [-0.2, -0.15) is 0 Å². The Bertz CT molecular complexity index is 301. The third-order valence-electron chi connectivity index (χ3n) is 1.33. The molecule has 0 aromatic heterocycles. The number of nitrogens with two attached hydrogens (primary N) is 1. The van der Waals surface area contributed by atoms with Crippen LogP contribution in [0.1, 0.15) is 6.92 Å². The Morgan fingerprint density at radius 2 is 2.15 bits per heavy atom. The summed E-state index contributed by atoms with van der Waals surface area (Å²) in [7, 11) is 0. The molecular weight excluding hydrogens is 186 g/mol. The van der Waals surface area contributed by atoms with Crippen LogP contribution in [0.5, 0.6) is 11.5 Å². The van der Waals surface area contributed by atoms with Crippen LogP contribution >= 0.6 is 12.2 Å². The van der Waals surface area contributed by atoms with Crippen LogP contribution in [0, 0.1) is 0 Å². The fourth-order valence-corrected chi connectivity index (χ4v) is 1.01. The van der Waals surface area contributed by atoms with E-state index in [1.54, 1.807) is 12.1 Å². The van der Waals surface area contributed by atoms with Gasteiger partial charge in [0.25, 0.3) is 5.17 Å². The van der Waals surface area contributed by atoms with Crippen LogP contribution in [0.2, 0.25) is 0 Å². The van der Waals surface area contributed by atoms with E-state index in [4.69, 9.17) is 15.2 Å². The van der Waals surface area contributed by atoms with Gasteiger partial charge in [0.1, 0.15) is 11.5 Å². The monoisotopic (exact) mass is 197 g/mol. The average Bonchev–Trinajstić information content (AvgIpc) is 2.04. The summed E-state index contributed by atoms with van der Waals surface area (Å²) in [4.78, 5) is 0. The van der Waals surface area contributed by atoms with Crippen LogP contribution in [0.3, 0.4) is 0 Å². The summed E-state index contributed by atoms with van der Waals surface area (Å²) in [5.41, 5.74) is 5.22. The Kier molecular flexibility index (Phi) is 3.52. The van der Waals surface area contributed by atoms with Gasteiger partial charge in [0.05, 0.1) is 6.61 Å². The molecule has 0 aliphatic carbocycles. The van der Waals surface area contributed by atoms with Crippen molar-refractivity contribution in [2.45, 2.75) is 6.92 Å². The van der Waals surface area contributed by atoms with E-state index in [1.807, 2.05) is 19.1 Å². The number of thiocarbonyl (C=S) groups is 1. The molecule has 13 heavy (non-hydrogen) atoms. The third kappa shape index (κ3) is 3.29. The summed E-state index contributed by atoms with van der Waals surface area (Å²) in [5.74, 6) is 1.34. The van der Waals surface area contributed by atoms with E-state index in [9.17, 15) is 0 Å². The van der Waals surface area contributed by atoms with Crippen LogP contribution in [-0.4, -0.2) is 11.8 Å². The normalized spacial score (nSPS) is 9.31. The van der Waals surface area contributed by atoms with Crippen LogP contribution in [0.25, 0.3) is 0 Å². The highest BCUT2D eigenvalue weighted by atomic mass is 32.1. The van der Waals surface area contributed by atoms with Gasteiger partial charge in [-0.1, -0.05) is 6.07 Å². The van der Waals surface area contributed by atoms with E-state index in [0.29, 0.717) is 12.4 Å². The zero-order chi connectivity index (χ0) is 9.68. The maximum Gasteiger partial charge on any atom is 0.259 e. The number of ether oxygens (including phenoxy) is 2. The van der Waals surface area contributed by atoms with E-state index in [-0.39, 0.29) is 5.17 Å². The molecule has 0 unspecified atom stereocenters. The Morgan fingerprint density at radius 3 is 2.77 bits per heavy atom. The van der Waals surface area contributed by atoms with Crippen LogP contribution in [0.4, 0.5) is 0 Å².